The van der Waals surface area contributed by atoms with E-state index >= 15 is 0 Å². The number of carbonyl (C=O) groups excluding carboxylic acids is 1. The normalized spacial score (nSPS) is 14.0. The molecule has 136 valence electrons. The van der Waals surface area contributed by atoms with Gasteiger partial charge in [-0.25, -0.2) is 8.42 Å². The van der Waals surface area contributed by atoms with Crippen molar-refractivity contribution in [2.24, 2.45) is 0 Å². The molecule has 0 saturated heterocycles. The Labute approximate surface area is 149 Å². The summed E-state index contributed by atoms with van der Waals surface area (Å²) in [6.07, 6.45) is 1.77. The predicted octanol–water partition coefficient (Wildman–Crippen LogP) is 2.71. The summed E-state index contributed by atoms with van der Waals surface area (Å²) in [5.74, 6) is 0.0499. The van der Waals surface area contributed by atoms with E-state index in [1.807, 2.05) is 20.8 Å². The number of benzene rings is 1. The van der Waals surface area contributed by atoms with Crippen LogP contribution in [-0.4, -0.2) is 33.0 Å². The zero-order valence-corrected chi connectivity index (χ0v) is 16.0. The standard InChI is InChI=1S/C16H25ClN2O4S/c1-5-7-11(3)18-16(20)12(4)19-24(21,22)13-8-9-15(23-6-2)14(17)10-13/h8-12,19H,5-7H2,1-4H3,(H,18,20)/t11-,12+/m1/s1. The molecule has 2 N–H and O–H groups in total. The van der Waals surface area contributed by atoms with Crippen molar-refractivity contribution < 1.29 is 17.9 Å². The van der Waals surface area contributed by atoms with E-state index in [1.54, 1.807) is 0 Å². The maximum absolute atomic E-state index is 12.4. The number of sulfonamides is 1. The molecule has 0 aromatic heterocycles. The Morgan fingerprint density at radius 1 is 1.29 bits per heavy atom. The van der Waals surface area contributed by atoms with Crippen LogP contribution >= 0.6 is 11.6 Å². The van der Waals surface area contributed by atoms with Crippen molar-refractivity contribution in [2.75, 3.05) is 6.61 Å². The second kappa shape index (κ2) is 9.25. The molecule has 0 heterocycles. The van der Waals surface area contributed by atoms with Crippen LogP contribution in [0.2, 0.25) is 5.02 Å². The minimum atomic E-state index is -3.86. The molecular formula is C16H25ClN2O4S. The van der Waals surface area contributed by atoms with Gasteiger partial charge in [-0.05, 0) is 45.4 Å². The molecule has 0 fully saturated rings. The van der Waals surface area contributed by atoms with Gasteiger partial charge in [0.15, 0.2) is 0 Å². The van der Waals surface area contributed by atoms with Crippen molar-refractivity contribution in [1.29, 1.82) is 0 Å². The van der Waals surface area contributed by atoms with E-state index in [1.165, 1.54) is 25.1 Å². The van der Waals surface area contributed by atoms with Gasteiger partial charge in [-0.15, -0.1) is 0 Å². The molecule has 0 aliphatic carbocycles. The van der Waals surface area contributed by atoms with Crippen LogP contribution < -0.4 is 14.8 Å². The Balaban J connectivity index is 2.82. The third-order valence-corrected chi connectivity index (χ3v) is 5.18. The second-order valence-electron chi connectivity index (χ2n) is 5.57. The maximum atomic E-state index is 12.4. The van der Waals surface area contributed by atoms with E-state index in [2.05, 4.69) is 10.0 Å². The first-order valence-electron chi connectivity index (χ1n) is 7.96. The first-order chi connectivity index (χ1) is 11.2. The van der Waals surface area contributed by atoms with Crippen molar-refractivity contribution in [1.82, 2.24) is 10.0 Å². The number of carbonyl (C=O) groups is 1. The number of hydrogen-bond donors (Lipinski definition) is 2. The van der Waals surface area contributed by atoms with Gasteiger partial charge >= 0.3 is 0 Å². The summed E-state index contributed by atoms with van der Waals surface area (Å²) in [5.41, 5.74) is 0. The first-order valence-corrected chi connectivity index (χ1v) is 9.82. The molecule has 0 unspecified atom stereocenters. The van der Waals surface area contributed by atoms with Crippen LogP contribution in [-0.2, 0) is 14.8 Å². The molecule has 6 nitrogen and oxygen atoms in total. The van der Waals surface area contributed by atoms with Gasteiger partial charge in [0, 0.05) is 6.04 Å². The number of amides is 1. The molecule has 0 saturated carbocycles. The van der Waals surface area contributed by atoms with Gasteiger partial charge in [0.1, 0.15) is 5.75 Å². The summed E-state index contributed by atoms with van der Waals surface area (Å²) in [4.78, 5) is 12.0. The van der Waals surface area contributed by atoms with E-state index in [0.29, 0.717) is 12.4 Å². The molecule has 8 heteroatoms. The molecule has 24 heavy (non-hydrogen) atoms. The van der Waals surface area contributed by atoms with Crippen molar-refractivity contribution in [3.8, 4) is 5.75 Å². The summed E-state index contributed by atoms with van der Waals surface area (Å²) in [5, 5.41) is 2.98. The molecule has 1 amide bonds. The fraction of sp³-hybridized carbons (Fsp3) is 0.562. The van der Waals surface area contributed by atoms with Gasteiger partial charge in [0.05, 0.1) is 22.6 Å². The van der Waals surface area contributed by atoms with Crippen molar-refractivity contribution in [3.05, 3.63) is 23.2 Å². The summed E-state index contributed by atoms with van der Waals surface area (Å²) < 4.78 is 32.4. The lowest BCUT2D eigenvalue weighted by atomic mass is 10.2. The fourth-order valence-electron chi connectivity index (χ4n) is 2.15. The minimum absolute atomic E-state index is 0.00521. The van der Waals surface area contributed by atoms with Crippen molar-refractivity contribution >= 4 is 27.5 Å². The van der Waals surface area contributed by atoms with Gasteiger partial charge < -0.3 is 10.1 Å². The highest BCUT2D eigenvalue weighted by molar-refractivity contribution is 7.89. The van der Waals surface area contributed by atoms with Crippen LogP contribution in [0, 0.1) is 0 Å². The van der Waals surface area contributed by atoms with E-state index in [-0.39, 0.29) is 21.9 Å². The Hall–Kier alpha value is -1.31. The van der Waals surface area contributed by atoms with Crippen LogP contribution in [0.25, 0.3) is 0 Å². The molecular weight excluding hydrogens is 352 g/mol. The number of rotatable bonds is 9. The monoisotopic (exact) mass is 376 g/mol. The Morgan fingerprint density at radius 3 is 2.50 bits per heavy atom. The summed E-state index contributed by atoms with van der Waals surface area (Å²) in [6.45, 7) is 7.64. The van der Waals surface area contributed by atoms with Crippen LogP contribution in [0.3, 0.4) is 0 Å². The third kappa shape index (κ3) is 5.96. The topological polar surface area (TPSA) is 84.5 Å². The van der Waals surface area contributed by atoms with Crippen molar-refractivity contribution in [3.63, 3.8) is 0 Å². The van der Waals surface area contributed by atoms with Crippen LogP contribution in [0.5, 0.6) is 5.75 Å². The van der Waals surface area contributed by atoms with E-state index in [9.17, 15) is 13.2 Å². The average molecular weight is 377 g/mol. The molecule has 0 aliphatic rings. The SMILES string of the molecule is CCC[C@@H](C)NC(=O)[C@H](C)NS(=O)(=O)c1ccc(OCC)c(Cl)c1. The van der Waals surface area contributed by atoms with Gasteiger partial charge in [-0.1, -0.05) is 24.9 Å². The molecule has 2 atom stereocenters. The molecule has 0 bridgehead atoms. The second-order valence-corrected chi connectivity index (χ2v) is 7.69. The zero-order valence-electron chi connectivity index (χ0n) is 14.4. The Morgan fingerprint density at radius 2 is 1.96 bits per heavy atom. The van der Waals surface area contributed by atoms with Crippen LogP contribution in [0.15, 0.2) is 23.1 Å². The summed E-state index contributed by atoms with van der Waals surface area (Å²) in [7, 11) is -3.86. The summed E-state index contributed by atoms with van der Waals surface area (Å²) >= 11 is 6.02. The third-order valence-electron chi connectivity index (χ3n) is 3.35. The summed E-state index contributed by atoms with van der Waals surface area (Å²) in [6, 6.07) is 3.30. The van der Waals surface area contributed by atoms with Crippen LogP contribution in [0.4, 0.5) is 0 Å². The lowest BCUT2D eigenvalue weighted by Gasteiger charge is -2.18. The van der Waals surface area contributed by atoms with E-state index < -0.39 is 16.1 Å². The number of halogens is 1. The van der Waals surface area contributed by atoms with Gasteiger partial charge in [-0.3, -0.25) is 4.79 Å². The van der Waals surface area contributed by atoms with E-state index in [0.717, 1.165) is 12.8 Å². The van der Waals surface area contributed by atoms with Crippen molar-refractivity contribution in [2.45, 2.75) is 57.5 Å². The quantitative estimate of drug-likeness (QED) is 0.694. The highest BCUT2D eigenvalue weighted by Crippen LogP contribution is 2.27. The average Bonchev–Trinajstić information content (AvgIpc) is 2.49. The predicted molar refractivity (Wildman–Crippen MR) is 94.9 cm³/mol. The fourth-order valence-corrected chi connectivity index (χ4v) is 3.68. The molecule has 1 rings (SSSR count). The molecule has 0 aliphatic heterocycles. The Bertz CT molecular complexity index is 664. The first kappa shape index (κ1) is 20.7. The minimum Gasteiger partial charge on any atom is -0.492 e. The number of nitrogens with one attached hydrogen (secondary N) is 2. The van der Waals surface area contributed by atoms with Crippen LogP contribution in [0.1, 0.15) is 40.5 Å². The lowest BCUT2D eigenvalue weighted by molar-refractivity contribution is -0.123. The van der Waals surface area contributed by atoms with Gasteiger partial charge in [0.25, 0.3) is 0 Å². The lowest BCUT2D eigenvalue weighted by Crippen LogP contribution is -2.47. The molecule has 1 aromatic rings. The Kier molecular flexibility index (Phi) is 7.99. The van der Waals surface area contributed by atoms with E-state index in [4.69, 9.17) is 16.3 Å². The van der Waals surface area contributed by atoms with Gasteiger partial charge in [-0.2, -0.15) is 4.72 Å². The molecule has 0 radical (unpaired) electrons. The smallest absolute Gasteiger partial charge is 0.241 e. The number of hydrogen-bond acceptors (Lipinski definition) is 4. The number of ether oxygens (including phenoxy) is 1. The highest BCUT2D eigenvalue weighted by Gasteiger charge is 2.23. The molecule has 1 aromatic carbocycles. The maximum Gasteiger partial charge on any atom is 0.241 e. The molecule has 0 spiro atoms. The largest absolute Gasteiger partial charge is 0.492 e. The highest BCUT2D eigenvalue weighted by atomic mass is 35.5. The van der Waals surface area contributed by atoms with Gasteiger partial charge in [0.2, 0.25) is 15.9 Å². The zero-order chi connectivity index (χ0) is 18.3.